The quantitative estimate of drug-likeness (QED) is 0.914. The van der Waals surface area contributed by atoms with Crippen LogP contribution in [-0.2, 0) is 6.54 Å². The summed E-state index contributed by atoms with van der Waals surface area (Å²) in [5, 5.41) is 0.504. The van der Waals surface area contributed by atoms with Gasteiger partial charge in [-0.2, -0.15) is 0 Å². The minimum Gasteiger partial charge on any atom is -0.327 e. The number of rotatable bonds is 3. The maximum Gasteiger partial charge on any atom is 0.124 e. The van der Waals surface area contributed by atoms with Gasteiger partial charge in [-0.1, -0.05) is 24.1 Å². The molecule has 0 bridgehead atoms. The van der Waals surface area contributed by atoms with Gasteiger partial charge >= 0.3 is 0 Å². The van der Waals surface area contributed by atoms with Crippen LogP contribution in [0, 0.1) is 5.82 Å². The lowest BCUT2D eigenvalue weighted by molar-refractivity contribution is 0.123. The lowest BCUT2D eigenvalue weighted by Gasteiger charge is -2.38. The molecule has 2 rings (SSSR count). The van der Waals surface area contributed by atoms with Gasteiger partial charge in [0.15, 0.2) is 0 Å². The third-order valence-electron chi connectivity index (χ3n) is 3.66. The minimum atomic E-state index is -0.286. The van der Waals surface area contributed by atoms with Crippen molar-refractivity contribution < 1.29 is 4.39 Å². The van der Waals surface area contributed by atoms with Crippen molar-refractivity contribution in [3.05, 3.63) is 34.6 Å². The standard InChI is InChI=1S/C14H20ClFN2/c1-10(17)14-4-2-3-7-18(14)9-11-5-6-12(16)8-13(11)15/h5-6,8,10,14H,2-4,7,9,17H2,1H3. The Labute approximate surface area is 113 Å². The van der Waals surface area contributed by atoms with Crippen molar-refractivity contribution in [1.82, 2.24) is 4.90 Å². The molecule has 2 N–H and O–H groups in total. The average molecular weight is 271 g/mol. The van der Waals surface area contributed by atoms with Crippen molar-refractivity contribution in [3.8, 4) is 0 Å². The van der Waals surface area contributed by atoms with Gasteiger partial charge in [0.05, 0.1) is 0 Å². The van der Waals surface area contributed by atoms with Crippen molar-refractivity contribution >= 4 is 11.6 Å². The number of piperidine rings is 1. The fraction of sp³-hybridized carbons (Fsp3) is 0.571. The van der Waals surface area contributed by atoms with E-state index in [0.29, 0.717) is 11.1 Å². The van der Waals surface area contributed by atoms with Gasteiger partial charge in [0.1, 0.15) is 5.82 Å². The second kappa shape index (κ2) is 6.00. The normalized spacial score (nSPS) is 23.0. The molecule has 0 aromatic heterocycles. The highest BCUT2D eigenvalue weighted by molar-refractivity contribution is 6.31. The van der Waals surface area contributed by atoms with Gasteiger partial charge in [-0.05, 0) is 44.0 Å². The highest BCUT2D eigenvalue weighted by Gasteiger charge is 2.25. The molecule has 1 aliphatic heterocycles. The number of hydrogen-bond donors (Lipinski definition) is 1. The van der Waals surface area contributed by atoms with Crippen LogP contribution in [0.25, 0.3) is 0 Å². The molecular formula is C14H20ClFN2. The number of hydrogen-bond acceptors (Lipinski definition) is 2. The van der Waals surface area contributed by atoms with Gasteiger partial charge < -0.3 is 5.73 Å². The summed E-state index contributed by atoms with van der Waals surface area (Å²) in [6.07, 6.45) is 3.57. The van der Waals surface area contributed by atoms with E-state index >= 15 is 0 Å². The summed E-state index contributed by atoms with van der Waals surface area (Å²) in [4.78, 5) is 2.37. The zero-order chi connectivity index (χ0) is 13.1. The summed E-state index contributed by atoms with van der Waals surface area (Å²) in [5.41, 5.74) is 7.02. The van der Waals surface area contributed by atoms with E-state index in [0.717, 1.165) is 25.1 Å². The number of nitrogens with two attached hydrogens (primary N) is 1. The topological polar surface area (TPSA) is 29.3 Å². The van der Waals surface area contributed by atoms with Crippen molar-refractivity contribution in [2.75, 3.05) is 6.54 Å². The van der Waals surface area contributed by atoms with Gasteiger partial charge in [0.25, 0.3) is 0 Å². The van der Waals surface area contributed by atoms with Crippen LogP contribution in [0.3, 0.4) is 0 Å². The van der Waals surface area contributed by atoms with E-state index in [9.17, 15) is 4.39 Å². The number of nitrogens with zero attached hydrogens (tertiary/aromatic N) is 1. The molecule has 18 heavy (non-hydrogen) atoms. The molecule has 2 atom stereocenters. The largest absolute Gasteiger partial charge is 0.327 e. The Morgan fingerprint density at radius 2 is 2.28 bits per heavy atom. The molecule has 1 aromatic rings. The summed E-state index contributed by atoms with van der Waals surface area (Å²) in [7, 11) is 0. The summed E-state index contributed by atoms with van der Waals surface area (Å²) in [6.45, 7) is 3.85. The van der Waals surface area contributed by atoms with E-state index in [1.54, 1.807) is 6.07 Å². The first-order valence-corrected chi connectivity index (χ1v) is 6.89. The maximum atomic E-state index is 13.0. The predicted molar refractivity (Wildman–Crippen MR) is 73.1 cm³/mol. The predicted octanol–water partition coefficient (Wildman–Crippen LogP) is 3.18. The molecule has 0 saturated carbocycles. The molecule has 2 nitrogen and oxygen atoms in total. The molecule has 0 amide bonds. The number of halogens is 2. The van der Waals surface area contributed by atoms with Gasteiger partial charge in [0.2, 0.25) is 0 Å². The third-order valence-corrected chi connectivity index (χ3v) is 4.01. The molecular weight excluding hydrogens is 251 g/mol. The Balaban J connectivity index is 2.11. The highest BCUT2D eigenvalue weighted by Crippen LogP contribution is 2.25. The maximum absolute atomic E-state index is 13.0. The van der Waals surface area contributed by atoms with Crippen molar-refractivity contribution in [3.63, 3.8) is 0 Å². The lowest BCUT2D eigenvalue weighted by Crippen LogP contribution is -2.48. The molecule has 4 heteroatoms. The summed E-state index contributed by atoms with van der Waals surface area (Å²) in [5.74, 6) is -0.286. The molecule has 100 valence electrons. The first-order chi connectivity index (χ1) is 8.58. The van der Waals surface area contributed by atoms with Crippen LogP contribution in [-0.4, -0.2) is 23.5 Å². The zero-order valence-corrected chi connectivity index (χ0v) is 11.5. The number of benzene rings is 1. The van der Waals surface area contributed by atoms with Crippen LogP contribution >= 0.6 is 11.6 Å². The monoisotopic (exact) mass is 270 g/mol. The Morgan fingerprint density at radius 3 is 2.94 bits per heavy atom. The van der Waals surface area contributed by atoms with E-state index in [-0.39, 0.29) is 11.9 Å². The van der Waals surface area contributed by atoms with Crippen LogP contribution < -0.4 is 5.73 Å². The van der Waals surface area contributed by atoms with Crippen LogP contribution in [0.5, 0.6) is 0 Å². The first-order valence-electron chi connectivity index (χ1n) is 6.51. The molecule has 0 radical (unpaired) electrons. The molecule has 1 heterocycles. The van der Waals surface area contributed by atoms with Crippen molar-refractivity contribution in [2.45, 2.75) is 44.8 Å². The summed E-state index contributed by atoms with van der Waals surface area (Å²) >= 11 is 6.08. The van der Waals surface area contributed by atoms with Gasteiger partial charge in [-0.15, -0.1) is 0 Å². The highest BCUT2D eigenvalue weighted by atomic mass is 35.5. The summed E-state index contributed by atoms with van der Waals surface area (Å²) < 4.78 is 13.0. The zero-order valence-electron chi connectivity index (χ0n) is 10.7. The molecule has 1 aromatic carbocycles. The minimum absolute atomic E-state index is 0.157. The van der Waals surface area contributed by atoms with Crippen LogP contribution in [0.2, 0.25) is 5.02 Å². The van der Waals surface area contributed by atoms with E-state index in [4.69, 9.17) is 17.3 Å². The Bertz CT molecular complexity index is 409. The number of likely N-dealkylation sites (tertiary alicyclic amines) is 1. The van der Waals surface area contributed by atoms with Crippen LogP contribution in [0.4, 0.5) is 4.39 Å². The van der Waals surface area contributed by atoms with E-state index < -0.39 is 0 Å². The summed E-state index contributed by atoms with van der Waals surface area (Å²) in [6, 6.07) is 5.17. The second-order valence-electron chi connectivity index (χ2n) is 5.13. The lowest BCUT2D eigenvalue weighted by atomic mass is 9.96. The smallest absolute Gasteiger partial charge is 0.124 e. The van der Waals surface area contributed by atoms with E-state index in [2.05, 4.69) is 11.8 Å². The van der Waals surface area contributed by atoms with Crippen LogP contribution in [0.15, 0.2) is 18.2 Å². The fourth-order valence-corrected chi connectivity index (χ4v) is 2.90. The van der Waals surface area contributed by atoms with E-state index in [1.807, 2.05) is 0 Å². The molecule has 1 saturated heterocycles. The molecule has 2 unspecified atom stereocenters. The second-order valence-corrected chi connectivity index (χ2v) is 5.54. The molecule has 0 aliphatic carbocycles. The van der Waals surface area contributed by atoms with Gasteiger partial charge in [-0.3, -0.25) is 4.90 Å². The Morgan fingerprint density at radius 1 is 1.50 bits per heavy atom. The Kier molecular flexibility index (Phi) is 4.60. The van der Waals surface area contributed by atoms with Crippen LogP contribution in [0.1, 0.15) is 31.7 Å². The van der Waals surface area contributed by atoms with Crippen molar-refractivity contribution in [1.29, 1.82) is 0 Å². The average Bonchev–Trinajstić information content (AvgIpc) is 2.33. The fourth-order valence-electron chi connectivity index (χ4n) is 2.68. The third kappa shape index (κ3) is 3.22. The molecule has 0 spiro atoms. The first kappa shape index (κ1) is 13.8. The Hall–Kier alpha value is -0.640. The van der Waals surface area contributed by atoms with Crippen molar-refractivity contribution in [2.24, 2.45) is 5.73 Å². The van der Waals surface area contributed by atoms with Gasteiger partial charge in [-0.25, -0.2) is 4.39 Å². The van der Waals surface area contributed by atoms with Gasteiger partial charge in [0, 0.05) is 23.7 Å². The molecule has 1 fully saturated rings. The van der Waals surface area contributed by atoms with E-state index in [1.165, 1.54) is 25.0 Å². The SMILES string of the molecule is CC(N)C1CCCCN1Cc1ccc(F)cc1Cl. The molecule has 1 aliphatic rings.